The molecule has 1 saturated heterocycles. The van der Waals surface area contributed by atoms with Crippen LogP contribution in [-0.2, 0) is 0 Å². The molecule has 2 heteroatoms. The van der Waals surface area contributed by atoms with Crippen molar-refractivity contribution in [2.45, 2.75) is 4.58 Å². The quantitative estimate of drug-likeness (QED) is 0.669. The van der Waals surface area contributed by atoms with Crippen molar-refractivity contribution in [1.29, 1.82) is 0 Å². The molecule has 0 N–H and O–H groups in total. The summed E-state index contributed by atoms with van der Waals surface area (Å²) in [7, 11) is 0. The van der Waals surface area contributed by atoms with E-state index in [0.717, 1.165) is 5.75 Å². The molecule has 1 atom stereocenters. The first-order valence-corrected chi connectivity index (χ1v) is 5.80. The molecule has 0 spiro atoms. The first-order chi connectivity index (χ1) is 5.86. The van der Waals surface area contributed by atoms with Crippen LogP contribution in [-0.4, -0.2) is 5.75 Å². The van der Waals surface area contributed by atoms with Crippen molar-refractivity contribution in [2.75, 3.05) is 5.75 Å². The lowest BCUT2D eigenvalue weighted by Crippen LogP contribution is -1.81. The minimum absolute atomic E-state index is 0.582. The molecule has 0 radical (unpaired) electrons. The molecule has 1 aliphatic heterocycles. The third-order valence-electron chi connectivity index (χ3n) is 1.74. The Hall–Kier alpha value is -0.340. The van der Waals surface area contributed by atoms with E-state index in [0.29, 0.717) is 4.58 Å². The van der Waals surface area contributed by atoms with Crippen LogP contribution in [0.2, 0.25) is 0 Å². The second kappa shape index (κ2) is 3.58. The lowest BCUT2D eigenvalue weighted by atomic mass is 10.2. The van der Waals surface area contributed by atoms with Gasteiger partial charge in [-0.05, 0) is 10.5 Å². The molecule has 62 valence electrons. The van der Waals surface area contributed by atoms with Gasteiger partial charge in [0.05, 0.1) is 4.58 Å². The van der Waals surface area contributed by atoms with E-state index in [1.807, 2.05) is 23.5 Å². The van der Waals surface area contributed by atoms with Crippen molar-refractivity contribution < 1.29 is 0 Å². The number of hydrogen-bond acceptors (Lipinski definition) is 2. The summed E-state index contributed by atoms with van der Waals surface area (Å²) in [6.07, 6.45) is 0. The first-order valence-electron chi connectivity index (χ1n) is 3.87. The van der Waals surface area contributed by atoms with Crippen molar-refractivity contribution in [3.63, 3.8) is 0 Å². The monoisotopic (exact) mass is 194 g/mol. The number of hydrogen-bond donors (Lipinski definition) is 0. The number of rotatable bonds is 1. The highest BCUT2D eigenvalue weighted by atomic mass is 32.2. The minimum Gasteiger partial charge on any atom is -0.137 e. The lowest BCUT2D eigenvalue weighted by molar-refractivity contribution is 1.39. The summed E-state index contributed by atoms with van der Waals surface area (Å²) in [6.45, 7) is 3.97. The highest BCUT2D eigenvalue weighted by Gasteiger charge is 2.20. The van der Waals surface area contributed by atoms with Gasteiger partial charge in [-0.1, -0.05) is 36.9 Å². The highest BCUT2D eigenvalue weighted by Crippen LogP contribution is 2.50. The SMILES string of the molecule is C=C1CSC(c2ccccc2)S1. The van der Waals surface area contributed by atoms with Crippen molar-refractivity contribution >= 4 is 23.5 Å². The van der Waals surface area contributed by atoms with Crippen molar-refractivity contribution in [1.82, 2.24) is 0 Å². The molecule has 0 amide bonds. The molecule has 1 unspecified atom stereocenters. The van der Waals surface area contributed by atoms with Gasteiger partial charge in [-0.3, -0.25) is 0 Å². The maximum absolute atomic E-state index is 3.97. The minimum atomic E-state index is 0.582. The summed E-state index contributed by atoms with van der Waals surface area (Å²) in [6, 6.07) is 10.6. The average molecular weight is 194 g/mol. The summed E-state index contributed by atoms with van der Waals surface area (Å²) >= 11 is 3.85. The number of thioether (sulfide) groups is 2. The molecular weight excluding hydrogens is 184 g/mol. The normalized spacial score (nSPS) is 23.0. The van der Waals surface area contributed by atoms with E-state index in [4.69, 9.17) is 0 Å². The van der Waals surface area contributed by atoms with Gasteiger partial charge in [-0.2, -0.15) is 0 Å². The molecule has 0 aliphatic carbocycles. The zero-order valence-electron chi connectivity index (χ0n) is 6.69. The molecule has 1 fully saturated rings. The van der Waals surface area contributed by atoms with Gasteiger partial charge in [0.15, 0.2) is 0 Å². The molecule has 1 aromatic carbocycles. The van der Waals surface area contributed by atoms with E-state index >= 15 is 0 Å². The molecule has 2 rings (SSSR count). The Kier molecular flexibility index (Phi) is 2.47. The van der Waals surface area contributed by atoms with E-state index in [2.05, 4.69) is 36.9 Å². The Bertz CT molecular complexity index is 279. The summed E-state index contributed by atoms with van der Waals surface area (Å²) in [5, 5.41) is 0. The van der Waals surface area contributed by atoms with E-state index in [-0.39, 0.29) is 0 Å². The maximum atomic E-state index is 3.97. The Balaban J connectivity index is 2.16. The maximum Gasteiger partial charge on any atom is 0.0798 e. The van der Waals surface area contributed by atoms with Crippen molar-refractivity contribution in [3.05, 3.63) is 47.4 Å². The predicted octanol–water partition coefficient (Wildman–Crippen LogP) is 3.68. The fourth-order valence-corrected chi connectivity index (χ4v) is 3.81. The average Bonchev–Trinajstić information content (AvgIpc) is 2.54. The molecule has 0 aromatic heterocycles. The summed E-state index contributed by atoms with van der Waals surface area (Å²) in [5.41, 5.74) is 1.41. The third kappa shape index (κ3) is 1.70. The lowest BCUT2D eigenvalue weighted by Gasteiger charge is -2.06. The fraction of sp³-hybridized carbons (Fsp3) is 0.200. The zero-order chi connectivity index (χ0) is 8.39. The molecular formula is C10H10S2. The van der Waals surface area contributed by atoms with Gasteiger partial charge >= 0.3 is 0 Å². The first kappa shape index (κ1) is 8.27. The summed E-state index contributed by atoms with van der Waals surface area (Å²) in [5.74, 6) is 1.10. The third-order valence-corrected chi connectivity index (χ3v) is 4.67. The largest absolute Gasteiger partial charge is 0.137 e. The van der Waals surface area contributed by atoms with E-state index in [1.54, 1.807) is 0 Å². The Morgan fingerprint density at radius 3 is 2.58 bits per heavy atom. The second-order valence-electron chi connectivity index (χ2n) is 2.71. The molecule has 0 saturated carbocycles. The molecule has 0 nitrogen and oxygen atoms in total. The molecule has 12 heavy (non-hydrogen) atoms. The van der Waals surface area contributed by atoms with Crippen LogP contribution in [0.1, 0.15) is 10.1 Å². The van der Waals surface area contributed by atoms with Gasteiger partial charge in [-0.15, -0.1) is 23.5 Å². The van der Waals surface area contributed by atoms with Crippen LogP contribution in [0.15, 0.2) is 41.8 Å². The second-order valence-corrected chi connectivity index (χ2v) is 5.39. The van der Waals surface area contributed by atoms with Crippen LogP contribution in [0, 0.1) is 0 Å². The fourth-order valence-electron chi connectivity index (χ4n) is 1.16. The van der Waals surface area contributed by atoms with Crippen molar-refractivity contribution in [3.8, 4) is 0 Å². The predicted molar refractivity (Wildman–Crippen MR) is 58.4 cm³/mol. The van der Waals surface area contributed by atoms with Gasteiger partial charge in [0.2, 0.25) is 0 Å². The Labute approximate surface area is 81.4 Å². The van der Waals surface area contributed by atoms with Crippen LogP contribution in [0.5, 0.6) is 0 Å². The molecule has 1 heterocycles. The smallest absolute Gasteiger partial charge is 0.0798 e. The van der Waals surface area contributed by atoms with Crippen LogP contribution in [0.25, 0.3) is 0 Å². The van der Waals surface area contributed by atoms with Crippen LogP contribution < -0.4 is 0 Å². The van der Waals surface area contributed by atoms with Gasteiger partial charge in [0.25, 0.3) is 0 Å². The van der Waals surface area contributed by atoms with E-state index < -0.39 is 0 Å². The molecule has 0 bridgehead atoms. The number of benzene rings is 1. The Morgan fingerprint density at radius 2 is 2.00 bits per heavy atom. The van der Waals surface area contributed by atoms with Crippen LogP contribution in [0.4, 0.5) is 0 Å². The molecule has 1 aromatic rings. The van der Waals surface area contributed by atoms with E-state index in [1.165, 1.54) is 10.5 Å². The van der Waals surface area contributed by atoms with Crippen LogP contribution >= 0.6 is 23.5 Å². The topological polar surface area (TPSA) is 0 Å². The highest BCUT2D eigenvalue weighted by molar-refractivity contribution is 8.21. The summed E-state index contributed by atoms with van der Waals surface area (Å²) in [4.78, 5) is 1.30. The van der Waals surface area contributed by atoms with Gasteiger partial charge in [0, 0.05) is 5.75 Å². The van der Waals surface area contributed by atoms with Gasteiger partial charge in [-0.25, -0.2) is 0 Å². The standard InChI is InChI=1S/C10H10S2/c1-8-7-11-10(12-8)9-5-3-2-4-6-9/h2-6,10H,1,7H2. The van der Waals surface area contributed by atoms with E-state index in [9.17, 15) is 0 Å². The van der Waals surface area contributed by atoms with Gasteiger partial charge in [0.1, 0.15) is 0 Å². The summed E-state index contributed by atoms with van der Waals surface area (Å²) < 4.78 is 0.582. The Morgan fingerprint density at radius 1 is 1.25 bits per heavy atom. The van der Waals surface area contributed by atoms with Crippen LogP contribution in [0.3, 0.4) is 0 Å². The van der Waals surface area contributed by atoms with Crippen molar-refractivity contribution in [2.24, 2.45) is 0 Å². The van der Waals surface area contributed by atoms with Gasteiger partial charge < -0.3 is 0 Å². The zero-order valence-corrected chi connectivity index (χ0v) is 8.33. The molecule has 1 aliphatic rings.